The molecule has 0 saturated heterocycles. The van der Waals surface area contributed by atoms with Gasteiger partial charge in [-0.15, -0.1) is 0 Å². The second kappa shape index (κ2) is 6.46. The molecule has 1 amide bonds. The van der Waals surface area contributed by atoms with Crippen LogP contribution in [0.25, 0.3) is 0 Å². The molecule has 0 aromatic carbocycles. The number of aliphatic imine (C=N–C) groups is 1. The van der Waals surface area contributed by atoms with Crippen molar-refractivity contribution in [2.24, 2.45) is 16.5 Å². The van der Waals surface area contributed by atoms with Crippen molar-refractivity contribution in [3.63, 3.8) is 0 Å². The van der Waals surface area contributed by atoms with Crippen LogP contribution in [0.2, 0.25) is 0 Å². The third kappa shape index (κ3) is 7.11. The first-order valence-electron chi connectivity index (χ1n) is 4.21. The molecule has 0 aliphatic heterocycles. The minimum absolute atomic E-state index is 0.0759. The Morgan fingerprint density at radius 1 is 1.33 bits per heavy atom. The fourth-order valence-corrected chi connectivity index (χ4v) is 0.910. The number of nitrogens with one attached hydrogen (secondary N) is 1. The number of hydrogen-bond acceptors (Lipinski definition) is 3. The van der Waals surface area contributed by atoms with Crippen molar-refractivity contribution in [2.75, 3.05) is 6.54 Å². The van der Waals surface area contributed by atoms with Gasteiger partial charge in [-0.2, -0.15) is 0 Å². The normalized spacial score (nSPS) is 11.5. The van der Waals surface area contributed by atoms with E-state index in [1.807, 2.05) is 5.32 Å². The summed E-state index contributed by atoms with van der Waals surface area (Å²) >= 11 is 0. The third-order valence-corrected chi connectivity index (χ3v) is 1.54. The maximum atomic E-state index is 10.6. The van der Waals surface area contributed by atoms with Crippen LogP contribution in [0.3, 0.4) is 0 Å². The molecule has 86 valence electrons. The number of aliphatic carboxylic acids is 1. The van der Waals surface area contributed by atoms with Crippen LogP contribution in [-0.2, 0) is 4.79 Å². The molecule has 0 rings (SSSR count). The predicted molar refractivity (Wildman–Crippen MR) is 52.5 cm³/mol. The van der Waals surface area contributed by atoms with Crippen LogP contribution in [0, 0.1) is 0 Å². The Morgan fingerprint density at radius 3 is 2.33 bits per heavy atom. The molecule has 7 N–H and O–H groups in total. The lowest BCUT2D eigenvalue weighted by Gasteiger charge is -2.10. The molecular weight excluding hydrogens is 204 g/mol. The van der Waals surface area contributed by atoms with Crippen molar-refractivity contribution in [3.8, 4) is 0 Å². The first-order valence-corrected chi connectivity index (χ1v) is 4.21. The SMILES string of the molecule is NC(N)=NCCCC(NC(=O)O)C(=O)O. The van der Waals surface area contributed by atoms with Crippen molar-refractivity contribution in [3.05, 3.63) is 0 Å². The summed E-state index contributed by atoms with van der Waals surface area (Å²) in [4.78, 5) is 24.4. The first kappa shape index (κ1) is 13.0. The van der Waals surface area contributed by atoms with E-state index in [1.54, 1.807) is 0 Å². The van der Waals surface area contributed by atoms with E-state index in [1.165, 1.54) is 0 Å². The smallest absolute Gasteiger partial charge is 0.405 e. The van der Waals surface area contributed by atoms with Crippen molar-refractivity contribution in [1.29, 1.82) is 0 Å². The second-order valence-electron chi connectivity index (χ2n) is 2.79. The number of amides is 1. The molecule has 0 radical (unpaired) electrons. The standard InChI is InChI=1S/C7H14N4O4/c8-6(9)10-3-1-2-4(5(12)13)11-7(14)15/h4,11H,1-3H2,(H,12,13)(H,14,15)(H4,8,9,10). The number of carbonyl (C=O) groups is 2. The Bertz CT molecular complexity index is 262. The van der Waals surface area contributed by atoms with Crippen LogP contribution < -0.4 is 16.8 Å². The van der Waals surface area contributed by atoms with E-state index in [9.17, 15) is 9.59 Å². The van der Waals surface area contributed by atoms with E-state index in [-0.39, 0.29) is 18.9 Å². The fourth-order valence-electron chi connectivity index (χ4n) is 0.910. The molecule has 1 atom stereocenters. The topological polar surface area (TPSA) is 151 Å². The van der Waals surface area contributed by atoms with Gasteiger partial charge >= 0.3 is 12.1 Å². The highest BCUT2D eigenvalue weighted by molar-refractivity contribution is 5.79. The zero-order chi connectivity index (χ0) is 11.8. The molecule has 0 bridgehead atoms. The molecule has 0 aliphatic carbocycles. The van der Waals surface area contributed by atoms with Gasteiger partial charge in [0.05, 0.1) is 0 Å². The van der Waals surface area contributed by atoms with E-state index >= 15 is 0 Å². The Kier molecular flexibility index (Phi) is 5.60. The maximum Gasteiger partial charge on any atom is 0.405 e. The lowest BCUT2D eigenvalue weighted by Crippen LogP contribution is -2.40. The highest BCUT2D eigenvalue weighted by Crippen LogP contribution is 1.98. The average molecular weight is 218 g/mol. The molecule has 0 heterocycles. The van der Waals surface area contributed by atoms with Gasteiger partial charge in [-0.05, 0) is 12.8 Å². The quantitative estimate of drug-likeness (QED) is 0.214. The van der Waals surface area contributed by atoms with Gasteiger partial charge < -0.3 is 27.0 Å². The number of nitrogens with zero attached hydrogens (tertiary/aromatic N) is 1. The lowest BCUT2D eigenvalue weighted by molar-refractivity contribution is -0.139. The summed E-state index contributed by atoms with van der Waals surface area (Å²) < 4.78 is 0. The van der Waals surface area contributed by atoms with Gasteiger partial charge in [0.1, 0.15) is 6.04 Å². The Hall–Kier alpha value is -1.99. The van der Waals surface area contributed by atoms with Crippen LogP contribution in [0.4, 0.5) is 4.79 Å². The molecule has 15 heavy (non-hydrogen) atoms. The minimum atomic E-state index is -1.37. The monoisotopic (exact) mass is 218 g/mol. The molecule has 0 spiro atoms. The number of guanidine groups is 1. The number of carboxylic acid groups (broad SMARTS) is 2. The number of rotatable bonds is 6. The summed E-state index contributed by atoms with van der Waals surface area (Å²) in [7, 11) is 0. The van der Waals surface area contributed by atoms with Gasteiger partial charge in [0, 0.05) is 6.54 Å². The maximum absolute atomic E-state index is 10.6. The summed E-state index contributed by atoms with van der Waals surface area (Å²) in [5.41, 5.74) is 10.1. The largest absolute Gasteiger partial charge is 0.480 e. The first-order chi connectivity index (χ1) is 6.93. The van der Waals surface area contributed by atoms with E-state index in [0.29, 0.717) is 6.42 Å². The molecule has 8 nitrogen and oxygen atoms in total. The Balaban J connectivity index is 3.92. The average Bonchev–Trinajstić information content (AvgIpc) is 2.08. The summed E-state index contributed by atoms with van der Waals surface area (Å²) in [5, 5.41) is 18.8. The van der Waals surface area contributed by atoms with Crippen molar-refractivity contribution < 1.29 is 19.8 Å². The molecule has 0 aliphatic rings. The number of hydrogen-bond donors (Lipinski definition) is 5. The molecule has 0 aromatic rings. The van der Waals surface area contributed by atoms with Crippen LogP contribution in [0.15, 0.2) is 4.99 Å². The molecule has 1 unspecified atom stereocenters. The minimum Gasteiger partial charge on any atom is -0.480 e. The van der Waals surface area contributed by atoms with Gasteiger partial charge in [0.2, 0.25) is 0 Å². The van der Waals surface area contributed by atoms with Crippen molar-refractivity contribution in [2.45, 2.75) is 18.9 Å². The zero-order valence-electron chi connectivity index (χ0n) is 8.01. The second-order valence-corrected chi connectivity index (χ2v) is 2.79. The zero-order valence-corrected chi connectivity index (χ0v) is 8.01. The fraction of sp³-hybridized carbons (Fsp3) is 0.571. The molecule has 8 heteroatoms. The van der Waals surface area contributed by atoms with Crippen molar-refractivity contribution in [1.82, 2.24) is 5.32 Å². The molecule has 0 aromatic heterocycles. The molecule has 0 saturated carbocycles. The summed E-state index contributed by atoms with van der Waals surface area (Å²) in [6, 6.07) is -1.13. The highest BCUT2D eigenvalue weighted by Gasteiger charge is 2.18. The number of nitrogens with two attached hydrogens (primary N) is 2. The Labute approximate surface area is 86.0 Å². The van der Waals surface area contributed by atoms with Crippen LogP contribution in [0.5, 0.6) is 0 Å². The van der Waals surface area contributed by atoms with Gasteiger partial charge in [-0.25, -0.2) is 9.59 Å². The lowest BCUT2D eigenvalue weighted by atomic mass is 10.1. The third-order valence-electron chi connectivity index (χ3n) is 1.54. The van der Waals surface area contributed by atoms with E-state index in [2.05, 4.69) is 4.99 Å². The number of carboxylic acids is 1. The molecular formula is C7H14N4O4. The van der Waals surface area contributed by atoms with E-state index < -0.39 is 18.1 Å². The van der Waals surface area contributed by atoms with Crippen LogP contribution >= 0.6 is 0 Å². The van der Waals surface area contributed by atoms with Gasteiger partial charge in [0.25, 0.3) is 0 Å². The van der Waals surface area contributed by atoms with Gasteiger partial charge in [-0.3, -0.25) is 4.99 Å². The summed E-state index contributed by atoms with van der Waals surface area (Å²) in [6.07, 6.45) is -0.850. The molecule has 0 fully saturated rings. The van der Waals surface area contributed by atoms with Gasteiger partial charge in [-0.1, -0.05) is 0 Å². The van der Waals surface area contributed by atoms with Crippen LogP contribution in [-0.4, -0.2) is 40.8 Å². The Morgan fingerprint density at radius 2 is 1.93 bits per heavy atom. The summed E-state index contributed by atoms with van der Waals surface area (Å²) in [6.45, 7) is 0.271. The van der Waals surface area contributed by atoms with Gasteiger partial charge in [0.15, 0.2) is 5.96 Å². The predicted octanol–water partition coefficient (Wildman–Crippen LogP) is -1.24. The highest BCUT2D eigenvalue weighted by atomic mass is 16.4. The van der Waals surface area contributed by atoms with Crippen LogP contribution in [0.1, 0.15) is 12.8 Å². The van der Waals surface area contributed by atoms with E-state index in [4.69, 9.17) is 21.7 Å². The summed E-state index contributed by atoms with van der Waals surface area (Å²) in [5.74, 6) is -1.30. The van der Waals surface area contributed by atoms with Crippen molar-refractivity contribution >= 4 is 18.0 Å². The van der Waals surface area contributed by atoms with E-state index in [0.717, 1.165) is 0 Å².